The minimum atomic E-state index is -0.991. The third kappa shape index (κ3) is 3.71. The molecule has 0 unspecified atom stereocenters. The molecule has 0 aliphatic carbocycles. The zero-order chi connectivity index (χ0) is 20.4. The van der Waals surface area contributed by atoms with Gasteiger partial charge < -0.3 is 9.67 Å². The second-order valence-corrected chi connectivity index (χ2v) is 7.08. The fourth-order valence-electron chi connectivity index (χ4n) is 3.26. The molecule has 1 aromatic heterocycles. The average molecular weight is 391 g/mol. The van der Waals surface area contributed by atoms with Gasteiger partial charge in [0.1, 0.15) is 0 Å². The van der Waals surface area contributed by atoms with Gasteiger partial charge in [0.2, 0.25) is 0 Å². The van der Waals surface area contributed by atoms with Crippen LogP contribution in [0.3, 0.4) is 0 Å². The van der Waals surface area contributed by atoms with Gasteiger partial charge in [0.15, 0.2) is 0 Å². The Balaban J connectivity index is 2.08. The van der Waals surface area contributed by atoms with E-state index in [1.807, 2.05) is 51.1 Å². The van der Waals surface area contributed by atoms with Gasteiger partial charge in [-0.25, -0.2) is 4.79 Å². The van der Waals surface area contributed by atoms with Crippen molar-refractivity contribution < 1.29 is 9.90 Å². The number of carboxylic acids is 1. The molecule has 0 aliphatic heterocycles. The molecule has 140 valence electrons. The molecule has 1 heterocycles. The molecule has 0 amide bonds. The summed E-state index contributed by atoms with van der Waals surface area (Å²) >= 11 is 6.19. The second-order valence-electron chi connectivity index (χ2n) is 6.65. The number of aryl methyl sites for hydroxylation is 2. The van der Waals surface area contributed by atoms with Crippen LogP contribution in [0.25, 0.3) is 17.3 Å². The molecular weight excluding hydrogens is 372 g/mol. The van der Waals surface area contributed by atoms with Crippen molar-refractivity contribution in [3.63, 3.8) is 0 Å². The number of rotatable bonds is 4. The molecule has 0 radical (unpaired) electrons. The van der Waals surface area contributed by atoms with E-state index in [9.17, 15) is 10.1 Å². The lowest BCUT2D eigenvalue weighted by molar-refractivity contribution is 0.0697. The zero-order valence-corrected chi connectivity index (χ0v) is 16.6. The number of allylic oxidation sites excluding steroid dienone is 1. The van der Waals surface area contributed by atoms with Crippen LogP contribution in [0.15, 0.2) is 48.5 Å². The lowest BCUT2D eigenvalue weighted by atomic mass is 10.0. The van der Waals surface area contributed by atoms with Gasteiger partial charge in [0, 0.05) is 22.1 Å². The molecule has 3 rings (SSSR count). The molecule has 3 aromatic rings. The quantitative estimate of drug-likeness (QED) is 0.571. The minimum absolute atomic E-state index is 0.190. The fourth-order valence-corrected chi connectivity index (χ4v) is 3.42. The lowest BCUT2D eigenvalue weighted by Gasteiger charge is -2.13. The molecule has 0 saturated heterocycles. The molecule has 5 heteroatoms. The number of nitriles is 1. The summed E-state index contributed by atoms with van der Waals surface area (Å²) in [4.78, 5) is 11.0. The Bertz CT molecular complexity index is 1130. The molecule has 2 aromatic carbocycles. The van der Waals surface area contributed by atoms with E-state index in [0.29, 0.717) is 16.2 Å². The Morgan fingerprint density at radius 2 is 1.71 bits per heavy atom. The summed E-state index contributed by atoms with van der Waals surface area (Å²) < 4.78 is 2.12. The number of hydrogen-bond acceptors (Lipinski definition) is 2. The highest BCUT2D eigenvalue weighted by Gasteiger charge is 2.13. The van der Waals surface area contributed by atoms with E-state index < -0.39 is 5.97 Å². The molecule has 0 spiro atoms. The maximum absolute atomic E-state index is 11.0. The predicted molar refractivity (Wildman–Crippen MR) is 112 cm³/mol. The number of halogens is 1. The number of hydrogen-bond donors (Lipinski definition) is 1. The first kappa shape index (κ1) is 19.5. The van der Waals surface area contributed by atoms with Gasteiger partial charge in [0.25, 0.3) is 0 Å². The first-order chi connectivity index (χ1) is 13.3. The topological polar surface area (TPSA) is 66.0 Å². The number of aromatic nitrogens is 1. The van der Waals surface area contributed by atoms with Crippen molar-refractivity contribution in [2.75, 3.05) is 0 Å². The highest BCUT2D eigenvalue weighted by atomic mass is 35.5. The third-order valence-corrected chi connectivity index (χ3v) is 4.98. The van der Waals surface area contributed by atoms with Gasteiger partial charge in [-0.15, -0.1) is 0 Å². The molecule has 0 bridgehead atoms. The summed E-state index contributed by atoms with van der Waals surface area (Å²) in [6, 6.07) is 16.3. The summed E-state index contributed by atoms with van der Waals surface area (Å²) in [6.07, 6.45) is 1.83. The minimum Gasteiger partial charge on any atom is -0.478 e. The first-order valence-corrected chi connectivity index (χ1v) is 9.10. The smallest absolute Gasteiger partial charge is 0.335 e. The van der Waals surface area contributed by atoms with Crippen LogP contribution in [-0.2, 0) is 0 Å². The third-order valence-electron chi connectivity index (χ3n) is 4.75. The molecular formula is C23H19ClN2O2. The first-order valence-electron chi connectivity index (χ1n) is 8.73. The molecule has 4 nitrogen and oxygen atoms in total. The molecule has 0 fully saturated rings. The van der Waals surface area contributed by atoms with Crippen LogP contribution in [-0.4, -0.2) is 15.6 Å². The van der Waals surface area contributed by atoms with Crippen molar-refractivity contribution in [1.82, 2.24) is 4.57 Å². The van der Waals surface area contributed by atoms with Gasteiger partial charge in [-0.2, -0.15) is 5.26 Å². The summed E-state index contributed by atoms with van der Waals surface area (Å²) in [5, 5.41) is 19.3. The highest BCUT2D eigenvalue weighted by molar-refractivity contribution is 6.30. The van der Waals surface area contributed by atoms with Gasteiger partial charge in [0.05, 0.1) is 17.2 Å². The predicted octanol–water partition coefficient (Wildman–Crippen LogP) is 5.82. The maximum Gasteiger partial charge on any atom is 0.335 e. The number of carbonyl (C=O) groups is 1. The Labute approximate surface area is 168 Å². The maximum atomic E-state index is 11.0. The highest BCUT2D eigenvalue weighted by Crippen LogP contribution is 2.28. The zero-order valence-electron chi connectivity index (χ0n) is 15.8. The van der Waals surface area contributed by atoms with E-state index in [1.165, 1.54) is 12.1 Å². The number of nitrogens with zero attached hydrogens (tertiary/aromatic N) is 2. The lowest BCUT2D eigenvalue weighted by Crippen LogP contribution is -2.01. The van der Waals surface area contributed by atoms with Gasteiger partial charge in [-0.1, -0.05) is 29.8 Å². The second kappa shape index (κ2) is 7.75. The van der Waals surface area contributed by atoms with E-state index in [1.54, 1.807) is 12.1 Å². The Kier molecular flexibility index (Phi) is 5.39. The van der Waals surface area contributed by atoms with Crippen molar-refractivity contribution in [2.24, 2.45) is 0 Å². The monoisotopic (exact) mass is 390 g/mol. The summed E-state index contributed by atoms with van der Waals surface area (Å²) in [7, 11) is 0. The van der Waals surface area contributed by atoms with E-state index in [-0.39, 0.29) is 5.56 Å². The SMILES string of the molecule is Cc1ccc(Cl)cc1-n1c(C)cc(C=C(C#N)c2ccc(C(=O)O)cc2)c1C. The van der Waals surface area contributed by atoms with Crippen molar-refractivity contribution in [3.8, 4) is 11.8 Å². The number of carboxylic acid groups (broad SMARTS) is 1. The average Bonchev–Trinajstić information content (AvgIpc) is 2.95. The van der Waals surface area contributed by atoms with E-state index >= 15 is 0 Å². The van der Waals surface area contributed by atoms with Crippen LogP contribution >= 0.6 is 11.6 Å². The Morgan fingerprint density at radius 1 is 1.07 bits per heavy atom. The van der Waals surface area contributed by atoms with Crippen molar-refractivity contribution in [3.05, 3.63) is 87.2 Å². The van der Waals surface area contributed by atoms with E-state index in [0.717, 1.165) is 28.2 Å². The van der Waals surface area contributed by atoms with Crippen LogP contribution in [0, 0.1) is 32.1 Å². The van der Waals surface area contributed by atoms with Gasteiger partial charge >= 0.3 is 5.97 Å². The van der Waals surface area contributed by atoms with Crippen molar-refractivity contribution in [2.45, 2.75) is 20.8 Å². The Hall–Kier alpha value is -3.29. The normalized spacial score (nSPS) is 11.3. The van der Waals surface area contributed by atoms with Crippen molar-refractivity contribution >= 4 is 29.2 Å². The van der Waals surface area contributed by atoms with Crippen LogP contribution in [0.1, 0.15) is 38.4 Å². The van der Waals surface area contributed by atoms with Gasteiger partial charge in [-0.3, -0.25) is 0 Å². The number of benzene rings is 2. The van der Waals surface area contributed by atoms with Gasteiger partial charge in [-0.05, 0) is 73.9 Å². The summed E-state index contributed by atoms with van der Waals surface area (Å²) in [5.74, 6) is -0.991. The van der Waals surface area contributed by atoms with Crippen LogP contribution < -0.4 is 0 Å². The molecule has 0 saturated carbocycles. The Morgan fingerprint density at radius 3 is 2.32 bits per heavy atom. The molecule has 0 atom stereocenters. The standard InChI is InChI=1S/C23H19ClN2O2/c1-14-4-9-21(24)12-22(14)26-15(2)10-19(16(26)3)11-20(13-25)17-5-7-18(8-6-17)23(27)28/h4-12H,1-3H3,(H,27,28). The fraction of sp³-hybridized carbons (Fsp3) is 0.130. The summed E-state index contributed by atoms with van der Waals surface area (Å²) in [5.41, 5.74) is 6.41. The molecule has 0 aliphatic rings. The summed E-state index contributed by atoms with van der Waals surface area (Å²) in [6.45, 7) is 6.05. The molecule has 28 heavy (non-hydrogen) atoms. The van der Waals surface area contributed by atoms with E-state index in [2.05, 4.69) is 10.6 Å². The van der Waals surface area contributed by atoms with Crippen LogP contribution in [0.2, 0.25) is 5.02 Å². The largest absolute Gasteiger partial charge is 0.478 e. The van der Waals surface area contributed by atoms with Crippen LogP contribution in [0.5, 0.6) is 0 Å². The van der Waals surface area contributed by atoms with Crippen molar-refractivity contribution in [1.29, 1.82) is 5.26 Å². The number of aromatic carboxylic acids is 1. The van der Waals surface area contributed by atoms with Crippen LogP contribution in [0.4, 0.5) is 0 Å². The van der Waals surface area contributed by atoms with E-state index in [4.69, 9.17) is 16.7 Å². The molecule has 1 N–H and O–H groups in total.